The number of rotatable bonds is 11. The van der Waals surface area contributed by atoms with E-state index in [0.29, 0.717) is 22.9 Å². The van der Waals surface area contributed by atoms with Crippen LogP contribution < -0.4 is 5.32 Å². The summed E-state index contributed by atoms with van der Waals surface area (Å²) in [6, 6.07) is 21.2. The summed E-state index contributed by atoms with van der Waals surface area (Å²) in [5.74, 6) is -0.638. The highest BCUT2D eigenvalue weighted by Gasteiger charge is 2.29. The Morgan fingerprint density at radius 2 is 1.47 bits per heavy atom. The van der Waals surface area contributed by atoms with Gasteiger partial charge >= 0.3 is 11.9 Å². The van der Waals surface area contributed by atoms with Gasteiger partial charge in [-0.3, -0.25) is 14.9 Å². The van der Waals surface area contributed by atoms with Crippen molar-refractivity contribution in [3.63, 3.8) is 0 Å². The number of methoxy groups -OCH3 is 1. The summed E-state index contributed by atoms with van der Waals surface area (Å²) in [6.07, 6.45) is 0.845. The van der Waals surface area contributed by atoms with Crippen molar-refractivity contribution in [2.45, 2.75) is 45.4 Å². The number of esters is 2. The predicted octanol–water partition coefficient (Wildman–Crippen LogP) is 6.49. The van der Waals surface area contributed by atoms with Crippen molar-refractivity contribution in [2.75, 3.05) is 7.11 Å². The van der Waals surface area contributed by atoms with Crippen molar-refractivity contribution in [3.05, 3.63) is 94.0 Å². The van der Waals surface area contributed by atoms with Crippen LogP contribution in [0, 0.1) is 5.92 Å². The Bertz CT molecular complexity index is 1150. The van der Waals surface area contributed by atoms with Crippen molar-refractivity contribution < 1.29 is 19.1 Å². The molecule has 3 rings (SSSR count). The molecule has 0 bridgehead atoms. The molecule has 0 radical (unpaired) electrons. The molecule has 0 spiro atoms. The zero-order valence-electron chi connectivity index (χ0n) is 20.7. The Morgan fingerprint density at radius 3 is 2.11 bits per heavy atom. The topological polar surface area (TPSA) is 64.6 Å². The molecule has 0 aliphatic rings. The molecule has 0 aromatic heterocycles. The SMILES string of the molecule is COC(=O)C(Cc1cccc(-c2cc(Cl)cc(Cl)c2)c1)NC(CC(C)C)C(=O)OCc1ccccc1. The molecule has 0 fully saturated rings. The van der Waals surface area contributed by atoms with E-state index in [9.17, 15) is 9.59 Å². The maximum absolute atomic E-state index is 13.0. The summed E-state index contributed by atoms with van der Waals surface area (Å²) < 4.78 is 10.6. The molecular formula is C29H31Cl2NO4. The summed E-state index contributed by atoms with van der Waals surface area (Å²) in [5.41, 5.74) is 3.59. The molecule has 3 aromatic carbocycles. The molecule has 1 N–H and O–H groups in total. The van der Waals surface area contributed by atoms with Crippen LogP contribution in [0.1, 0.15) is 31.4 Å². The van der Waals surface area contributed by atoms with Crippen LogP contribution in [0.5, 0.6) is 0 Å². The van der Waals surface area contributed by atoms with Gasteiger partial charge in [-0.2, -0.15) is 0 Å². The van der Waals surface area contributed by atoms with Crippen molar-refractivity contribution in [1.82, 2.24) is 5.32 Å². The van der Waals surface area contributed by atoms with Crippen molar-refractivity contribution in [2.24, 2.45) is 5.92 Å². The normalized spacial score (nSPS) is 12.7. The van der Waals surface area contributed by atoms with Crippen LogP contribution in [0.4, 0.5) is 0 Å². The molecule has 5 nitrogen and oxygen atoms in total. The fourth-order valence-corrected chi connectivity index (χ4v) is 4.49. The Labute approximate surface area is 222 Å². The second-order valence-electron chi connectivity index (χ2n) is 9.08. The lowest BCUT2D eigenvalue weighted by Crippen LogP contribution is -2.49. The first-order chi connectivity index (χ1) is 17.2. The van der Waals surface area contributed by atoms with Gasteiger partial charge in [0.05, 0.1) is 7.11 Å². The molecule has 0 heterocycles. The van der Waals surface area contributed by atoms with E-state index in [1.165, 1.54) is 7.11 Å². The summed E-state index contributed by atoms with van der Waals surface area (Å²) in [5, 5.41) is 4.29. The van der Waals surface area contributed by atoms with Gasteiger partial charge in [0, 0.05) is 10.0 Å². The standard InChI is InChI=1S/C29H31Cl2NO4/c1-19(2)12-26(29(34)36-18-20-8-5-4-6-9-20)32-27(28(33)35-3)14-21-10-7-11-22(13-21)23-15-24(30)17-25(31)16-23/h4-11,13,15-17,19,26-27,32H,12,14,18H2,1-3H3. The minimum absolute atomic E-state index is 0.170. The average molecular weight is 528 g/mol. The number of carbonyl (C=O) groups is 2. The molecule has 0 aliphatic heterocycles. The average Bonchev–Trinajstić information content (AvgIpc) is 2.86. The molecule has 0 aliphatic carbocycles. The quantitative estimate of drug-likeness (QED) is 0.288. The van der Waals surface area contributed by atoms with Crippen LogP contribution in [-0.2, 0) is 32.1 Å². The van der Waals surface area contributed by atoms with Crippen LogP contribution in [0.2, 0.25) is 10.0 Å². The van der Waals surface area contributed by atoms with E-state index in [0.717, 1.165) is 22.3 Å². The first-order valence-corrected chi connectivity index (χ1v) is 12.6. The number of hydrogen-bond acceptors (Lipinski definition) is 5. The van der Waals surface area contributed by atoms with Gasteiger partial charge in [-0.05, 0) is 59.2 Å². The van der Waals surface area contributed by atoms with Crippen LogP contribution in [0.25, 0.3) is 11.1 Å². The molecule has 2 unspecified atom stereocenters. The van der Waals surface area contributed by atoms with E-state index >= 15 is 0 Å². The number of ether oxygens (including phenoxy) is 2. The maximum atomic E-state index is 13.0. The van der Waals surface area contributed by atoms with Crippen LogP contribution in [0.15, 0.2) is 72.8 Å². The first kappa shape index (κ1) is 27.7. The second-order valence-corrected chi connectivity index (χ2v) is 9.95. The highest BCUT2D eigenvalue weighted by Crippen LogP contribution is 2.28. The predicted molar refractivity (Wildman–Crippen MR) is 144 cm³/mol. The lowest BCUT2D eigenvalue weighted by atomic mass is 9.98. The Morgan fingerprint density at radius 1 is 0.806 bits per heavy atom. The van der Waals surface area contributed by atoms with Crippen molar-refractivity contribution in [3.8, 4) is 11.1 Å². The second kappa shape index (κ2) is 13.4. The molecular weight excluding hydrogens is 497 g/mol. The summed E-state index contributed by atoms with van der Waals surface area (Å²) in [7, 11) is 1.34. The third-order valence-corrected chi connectivity index (χ3v) is 6.10. The fourth-order valence-electron chi connectivity index (χ4n) is 3.96. The van der Waals surface area contributed by atoms with E-state index < -0.39 is 24.0 Å². The molecule has 36 heavy (non-hydrogen) atoms. The van der Waals surface area contributed by atoms with Crippen molar-refractivity contribution >= 4 is 35.1 Å². The Kier molecular flexibility index (Phi) is 10.4. The molecule has 0 amide bonds. The summed E-state index contributed by atoms with van der Waals surface area (Å²) in [6.45, 7) is 4.21. The van der Waals surface area contributed by atoms with Gasteiger partial charge in [0.25, 0.3) is 0 Å². The highest BCUT2D eigenvalue weighted by molar-refractivity contribution is 6.35. The molecule has 2 atom stereocenters. The van der Waals surface area contributed by atoms with Gasteiger partial charge in [0.2, 0.25) is 0 Å². The summed E-state index contributed by atoms with van der Waals surface area (Å²) >= 11 is 12.4. The number of nitrogens with one attached hydrogen (secondary N) is 1. The van der Waals surface area contributed by atoms with Gasteiger partial charge in [0.15, 0.2) is 0 Å². The lowest BCUT2D eigenvalue weighted by Gasteiger charge is -2.24. The monoisotopic (exact) mass is 527 g/mol. The molecule has 7 heteroatoms. The highest BCUT2D eigenvalue weighted by atomic mass is 35.5. The third kappa shape index (κ3) is 8.37. The van der Waals surface area contributed by atoms with Gasteiger partial charge in [0.1, 0.15) is 18.7 Å². The van der Waals surface area contributed by atoms with Gasteiger partial charge in [-0.15, -0.1) is 0 Å². The Hall–Kier alpha value is -2.86. The number of carbonyl (C=O) groups excluding carboxylic acids is 2. The molecule has 3 aromatic rings. The fraction of sp³-hybridized carbons (Fsp3) is 0.310. The molecule has 0 saturated carbocycles. The van der Waals surface area contributed by atoms with Gasteiger partial charge < -0.3 is 9.47 Å². The zero-order chi connectivity index (χ0) is 26.1. The van der Waals surface area contributed by atoms with Gasteiger partial charge in [-0.25, -0.2) is 0 Å². The number of hydrogen-bond donors (Lipinski definition) is 1. The summed E-state index contributed by atoms with van der Waals surface area (Å²) in [4.78, 5) is 25.7. The van der Waals surface area contributed by atoms with Crippen LogP contribution >= 0.6 is 23.2 Å². The van der Waals surface area contributed by atoms with Gasteiger partial charge in [-0.1, -0.05) is 91.6 Å². The van der Waals surface area contributed by atoms with Crippen LogP contribution in [0.3, 0.4) is 0 Å². The van der Waals surface area contributed by atoms with E-state index in [1.54, 1.807) is 6.07 Å². The van der Waals surface area contributed by atoms with E-state index in [1.807, 2.05) is 80.6 Å². The van der Waals surface area contributed by atoms with Crippen LogP contribution in [-0.4, -0.2) is 31.1 Å². The van der Waals surface area contributed by atoms with E-state index in [-0.39, 0.29) is 12.5 Å². The minimum atomic E-state index is -0.735. The van der Waals surface area contributed by atoms with Crippen molar-refractivity contribution in [1.29, 1.82) is 0 Å². The van der Waals surface area contributed by atoms with E-state index in [4.69, 9.17) is 32.7 Å². The molecule has 0 saturated heterocycles. The lowest BCUT2D eigenvalue weighted by molar-refractivity contribution is -0.149. The smallest absolute Gasteiger partial charge is 0.323 e. The first-order valence-electron chi connectivity index (χ1n) is 11.8. The number of halogens is 2. The zero-order valence-corrected chi connectivity index (χ0v) is 22.2. The molecule has 190 valence electrons. The van der Waals surface area contributed by atoms with E-state index in [2.05, 4.69) is 5.32 Å². The Balaban J connectivity index is 1.78. The maximum Gasteiger partial charge on any atom is 0.323 e. The number of benzene rings is 3. The largest absolute Gasteiger partial charge is 0.468 e. The minimum Gasteiger partial charge on any atom is -0.468 e. The third-order valence-electron chi connectivity index (χ3n) is 5.67.